The maximum Gasteiger partial charge on any atom is 0.349 e. The van der Waals surface area contributed by atoms with E-state index in [0.717, 1.165) is 0 Å². The number of hydrogen-bond donors (Lipinski definition) is 0. The van der Waals surface area contributed by atoms with Crippen molar-refractivity contribution in [3.63, 3.8) is 0 Å². The number of rotatable bonds is 2. The van der Waals surface area contributed by atoms with Crippen LogP contribution in [0.1, 0.15) is 13.1 Å². The van der Waals surface area contributed by atoms with Crippen molar-refractivity contribution in [1.29, 1.82) is 0 Å². The molecule has 2 heteroatoms. The number of aromatic nitrogens is 2. The lowest BCUT2D eigenvalue weighted by Gasteiger charge is -2.01. The van der Waals surface area contributed by atoms with Crippen LogP contribution in [0.5, 0.6) is 0 Å². The fraction of sp³-hybridized carbons (Fsp3) is 0.167. The van der Waals surface area contributed by atoms with Gasteiger partial charge in [-0.25, -0.2) is 0 Å². The summed E-state index contributed by atoms with van der Waals surface area (Å²) in [5.74, 6) is 0. The van der Waals surface area contributed by atoms with Gasteiger partial charge in [-0.2, -0.15) is 0 Å². The summed E-state index contributed by atoms with van der Waals surface area (Å²) < 4.78 is 4.33. The van der Waals surface area contributed by atoms with Crippen molar-refractivity contribution >= 4 is 0 Å². The van der Waals surface area contributed by atoms with Gasteiger partial charge in [-0.1, -0.05) is 12.1 Å². The molecular weight excluding hydrogens is 172 g/mol. The molecule has 70 valence electrons. The van der Waals surface area contributed by atoms with Gasteiger partial charge in [0.2, 0.25) is 0 Å². The summed E-state index contributed by atoms with van der Waals surface area (Å²) in [5, 5.41) is 0. The number of hydrogen-bond acceptors (Lipinski definition) is 0. The second kappa shape index (κ2) is 4.01. The first-order valence-corrected chi connectivity index (χ1v) is 4.79. The summed E-state index contributed by atoms with van der Waals surface area (Å²) in [7, 11) is 0. The van der Waals surface area contributed by atoms with Crippen LogP contribution in [-0.4, -0.2) is 0 Å². The third-order valence-corrected chi connectivity index (χ3v) is 2.34. The minimum atomic E-state index is 0.317. The van der Waals surface area contributed by atoms with E-state index < -0.39 is 0 Å². The Morgan fingerprint density at radius 2 is 1.00 bits per heavy atom. The maximum atomic E-state index is 2.17. The van der Waals surface area contributed by atoms with Crippen molar-refractivity contribution in [2.24, 2.45) is 0 Å². The average molecular weight is 186 g/mol. The average Bonchev–Trinajstić information content (AvgIpc) is 2.30. The van der Waals surface area contributed by atoms with Crippen LogP contribution in [0.4, 0.5) is 0 Å². The van der Waals surface area contributed by atoms with E-state index in [1.165, 1.54) is 0 Å². The quantitative estimate of drug-likeness (QED) is 0.625. The molecule has 0 spiro atoms. The molecule has 2 rings (SSSR count). The molecular formula is C12H14N2+2. The van der Waals surface area contributed by atoms with Crippen LogP contribution in [-0.2, 0) is 0 Å². The zero-order valence-electron chi connectivity index (χ0n) is 8.25. The minimum Gasteiger partial charge on any atom is -0.144 e. The molecule has 2 aromatic rings. The van der Waals surface area contributed by atoms with Crippen molar-refractivity contribution in [3.8, 4) is 0 Å². The topological polar surface area (TPSA) is 7.76 Å². The summed E-state index contributed by atoms with van der Waals surface area (Å²) >= 11 is 0. The third-order valence-electron chi connectivity index (χ3n) is 2.34. The van der Waals surface area contributed by atoms with Gasteiger partial charge in [0.15, 0.2) is 24.8 Å². The Kier molecular flexibility index (Phi) is 2.54. The van der Waals surface area contributed by atoms with E-state index in [0.29, 0.717) is 6.17 Å². The van der Waals surface area contributed by atoms with Crippen LogP contribution in [0.25, 0.3) is 0 Å². The molecule has 0 radical (unpaired) electrons. The first-order valence-electron chi connectivity index (χ1n) is 4.79. The molecule has 2 nitrogen and oxygen atoms in total. The van der Waals surface area contributed by atoms with Gasteiger partial charge in [0.25, 0.3) is 0 Å². The molecule has 0 N–H and O–H groups in total. The van der Waals surface area contributed by atoms with Crippen LogP contribution in [0, 0.1) is 0 Å². The Labute approximate surface area is 84.1 Å². The first-order chi connectivity index (χ1) is 6.88. The molecule has 2 aromatic heterocycles. The second-order valence-corrected chi connectivity index (χ2v) is 3.28. The van der Waals surface area contributed by atoms with Gasteiger partial charge < -0.3 is 0 Å². The van der Waals surface area contributed by atoms with Gasteiger partial charge >= 0.3 is 6.17 Å². The van der Waals surface area contributed by atoms with Crippen LogP contribution >= 0.6 is 0 Å². The van der Waals surface area contributed by atoms with E-state index in [1.54, 1.807) is 0 Å². The summed E-state index contributed by atoms with van der Waals surface area (Å²) in [4.78, 5) is 0. The van der Waals surface area contributed by atoms with Gasteiger partial charge in [-0.05, 0) is 0 Å². The van der Waals surface area contributed by atoms with E-state index in [4.69, 9.17) is 0 Å². The van der Waals surface area contributed by atoms with Crippen LogP contribution < -0.4 is 9.13 Å². The molecule has 0 bridgehead atoms. The highest BCUT2D eigenvalue weighted by Gasteiger charge is 2.18. The Morgan fingerprint density at radius 3 is 1.36 bits per heavy atom. The third kappa shape index (κ3) is 1.79. The second-order valence-electron chi connectivity index (χ2n) is 3.28. The standard InChI is InChI=1S/C12H14N2/c1-12(13-8-4-2-5-9-13)14-10-6-3-7-11-14/h2-12H,1H3/q+2. The molecule has 0 aliphatic rings. The van der Waals surface area contributed by atoms with Gasteiger partial charge in [-0.3, -0.25) is 0 Å². The molecule has 0 fully saturated rings. The molecule has 0 amide bonds. The summed E-state index contributed by atoms with van der Waals surface area (Å²) in [5.41, 5.74) is 0. The highest BCUT2D eigenvalue weighted by Crippen LogP contribution is 1.89. The highest BCUT2D eigenvalue weighted by atomic mass is 15.2. The summed E-state index contributed by atoms with van der Waals surface area (Å²) in [6.45, 7) is 2.17. The Hall–Kier alpha value is -1.70. The molecule has 0 unspecified atom stereocenters. The molecule has 0 aromatic carbocycles. The van der Waals surface area contributed by atoms with Gasteiger partial charge in [0.1, 0.15) is 0 Å². The Balaban J connectivity index is 2.30. The Morgan fingerprint density at radius 1 is 0.643 bits per heavy atom. The molecule has 0 saturated carbocycles. The molecule has 0 aliphatic carbocycles. The maximum absolute atomic E-state index is 2.17. The lowest BCUT2D eigenvalue weighted by Crippen LogP contribution is -2.54. The largest absolute Gasteiger partial charge is 0.349 e. The van der Waals surface area contributed by atoms with Crippen molar-refractivity contribution in [1.82, 2.24) is 0 Å². The lowest BCUT2D eigenvalue weighted by molar-refractivity contribution is -0.941. The van der Waals surface area contributed by atoms with Gasteiger partial charge in [0.05, 0.1) is 6.92 Å². The van der Waals surface area contributed by atoms with Gasteiger partial charge in [0, 0.05) is 24.3 Å². The first kappa shape index (κ1) is 8.88. The van der Waals surface area contributed by atoms with Crippen molar-refractivity contribution in [2.75, 3.05) is 0 Å². The van der Waals surface area contributed by atoms with Crippen LogP contribution in [0.15, 0.2) is 61.2 Å². The zero-order chi connectivity index (χ0) is 9.80. The van der Waals surface area contributed by atoms with E-state index in [1.807, 2.05) is 36.4 Å². The highest BCUT2D eigenvalue weighted by molar-refractivity contribution is 4.85. The van der Waals surface area contributed by atoms with E-state index in [9.17, 15) is 0 Å². The normalized spacial score (nSPS) is 10.4. The van der Waals surface area contributed by atoms with Crippen LogP contribution in [0.3, 0.4) is 0 Å². The van der Waals surface area contributed by atoms with Gasteiger partial charge in [-0.15, -0.1) is 9.13 Å². The molecule has 0 atom stereocenters. The van der Waals surface area contributed by atoms with E-state index in [-0.39, 0.29) is 0 Å². The fourth-order valence-electron chi connectivity index (χ4n) is 1.48. The van der Waals surface area contributed by atoms with Crippen LogP contribution in [0.2, 0.25) is 0 Å². The van der Waals surface area contributed by atoms with E-state index in [2.05, 4.69) is 40.8 Å². The SMILES string of the molecule is CC([n+]1ccccc1)[n+]1ccccc1. The predicted octanol–water partition coefficient (Wildman–Crippen LogP) is 1.33. The smallest absolute Gasteiger partial charge is 0.144 e. The monoisotopic (exact) mass is 186 g/mol. The molecule has 2 heterocycles. The molecule has 0 saturated heterocycles. The lowest BCUT2D eigenvalue weighted by atomic mass is 10.4. The Bertz CT molecular complexity index is 344. The van der Waals surface area contributed by atoms with E-state index >= 15 is 0 Å². The molecule has 14 heavy (non-hydrogen) atoms. The fourth-order valence-corrected chi connectivity index (χ4v) is 1.48. The molecule has 0 aliphatic heterocycles. The minimum absolute atomic E-state index is 0.317. The van der Waals surface area contributed by atoms with Crippen molar-refractivity contribution in [3.05, 3.63) is 61.2 Å². The number of pyridine rings is 2. The zero-order valence-corrected chi connectivity index (χ0v) is 8.25. The van der Waals surface area contributed by atoms with Crippen molar-refractivity contribution in [2.45, 2.75) is 13.1 Å². The predicted molar refractivity (Wildman–Crippen MR) is 53.4 cm³/mol. The van der Waals surface area contributed by atoms with Crippen molar-refractivity contribution < 1.29 is 9.13 Å². The summed E-state index contributed by atoms with van der Waals surface area (Å²) in [6, 6.07) is 12.2. The number of nitrogens with zero attached hydrogens (tertiary/aromatic N) is 2. The summed E-state index contributed by atoms with van der Waals surface area (Å²) in [6.07, 6.45) is 8.61.